The maximum atomic E-state index is 13.1. The number of aliphatic hydroxyl groups is 2. The molecule has 0 fully saturated rings. The third kappa shape index (κ3) is 39.4. The van der Waals surface area contributed by atoms with Crippen LogP contribution in [0.1, 0.15) is 271 Å². The lowest BCUT2D eigenvalue weighted by Gasteiger charge is -2.24. The summed E-state index contributed by atoms with van der Waals surface area (Å²) in [5.41, 5.74) is 0. The van der Waals surface area contributed by atoms with Crippen molar-refractivity contribution in [2.45, 2.75) is 289 Å². The quantitative estimate of drug-likeness (QED) is 0.0324. The van der Waals surface area contributed by atoms with E-state index in [0.29, 0.717) is 19.3 Å². The number of aliphatic hydroxyl groups excluding tert-OH is 2. The maximum absolute atomic E-state index is 13.1. The molecule has 6 heteroatoms. The molecular formula is C50H97NO5. The van der Waals surface area contributed by atoms with E-state index in [1.807, 2.05) is 0 Å². The van der Waals surface area contributed by atoms with Gasteiger partial charge in [-0.05, 0) is 44.9 Å². The number of hydrogen-bond acceptors (Lipinski definition) is 5. The molecule has 3 unspecified atom stereocenters. The molecule has 0 aromatic carbocycles. The molecule has 0 aliphatic rings. The zero-order valence-electron chi connectivity index (χ0n) is 37.8. The van der Waals surface area contributed by atoms with Crippen molar-refractivity contribution in [3.8, 4) is 0 Å². The fraction of sp³-hybridized carbons (Fsp3) is 0.920. The minimum Gasteiger partial charge on any atom is -0.462 e. The van der Waals surface area contributed by atoms with Gasteiger partial charge in [-0.1, -0.05) is 226 Å². The zero-order chi connectivity index (χ0) is 41.0. The molecule has 0 aliphatic heterocycles. The molecule has 3 N–H and O–H groups in total. The number of carbonyl (C=O) groups is 2. The van der Waals surface area contributed by atoms with Crippen LogP contribution in [-0.4, -0.2) is 46.9 Å². The van der Waals surface area contributed by atoms with Crippen molar-refractivity contribution in [3.05, 3.63) is 12.2 Å². The van der Waals surface area contributed by atoms with E-state index in [4.69, 9.17) is 4.74 Å². The van der Waals surface area contributed by atoms with E-state index in [1.54, 1.807) is 0 Å². The second-order valence-corrected chi connectivity index (χ2v) is 17.2. The summed E-state index contributed by atoms with van der Waals surface area (Å²) < 4.78 is 5.91. The van der Waals surface area contributed by atoms with Crippen molar-refractivity contribution < 1.29 is 24.5 Å². The largest absolute Gasteiger partial charge is 0.462 e. The first-order valence-corrected chi connectivity index (χ1v) is 24.9. The van der Waals surface area contributed by atoms with Crippen LogP contribution in [-0.2, 0) is 14.3 Å². The molecule has 0 radical (unpaired) electrons. The minimum atomic E-state index is -0.781. The summed E-state index contributed by atoms with van der Waals surface area (Å²) in [6.07, 6.45) is 48.5. The number of unbranched alkanes of at least 4 members (excludes halogenated alkanes) is 31. The summed E-state index contributed by atoms with van der Waals surface area (Å²) in [5, 5.41) is 23.7. The number of ether oxygens (including phenoxy) is 1. The first kappa shape index (κ1) is 54.6. The molecule has 56 heavy (non-hydrogen) atoms. The van der Waals surface area contributed by atoms with Gasteiger partial charge in [0.2, 0.25) is 5.91 Å². The van der Waals surface area contributed by atoms with Crippen LogP contribution in [0.25, 0.3) is 0 Å². The number of amides is 1. The smallest absolute Gasteiger partial charge is 0.306 e. The van der Waals surface area contributed by atoms with Crippen LogP contribution >= 0.6 is 0 Å². The summed E-state index contributed by atoms with van der Waals surface area (Å²) in [6.45, 7) is 6.43. The summed E-state index contributed by atoms with van der Waals surface area (Å²) in [7, 11) is 0. The number of allylic oxidation sites excluding steroid dienone is 2. The van der Waals surface area contributed by atoms with Crippen LogP contribution < -0.4 is 5.32 Å². The Labute approximate surface area is 349 Å². The van der Waals surface area contributed by atoms with Gasteiger partial charge in [-0.3, -0.25) is 9.59 Å². The first-order chi connectivity index (χ1) is 27.5. The molecule has 0 aliphatic carbocycles. The maximum Gasteiger partial charge on any atom is 0.306 e. The van der Waals surface area contributed by atoms with Crippen molar-refractivity contribution in [1.29, 1.82) is 0 Å². The predicted molar refractivity (Wildman–Crippen MR) is 241 cm³/mol. The van der Waals surface area contributed by atoms with Crippen molar-refractivity contribution in [2.75, 3.05) is 6.61 Å². The lowest BCUT2D eigenvalue weighted by molar-refractivity contribution is -0.151. The summed E-state index contributed by atoms with van der Waals surface area (Å²) in [5.74, 6) is -0.471. The normalized spacial score (nSPS) is 13.3. The Morgan fingerprint density at radius 3 is 1.34 bits per heavy atom. The molecule has 0 bridgehead atoms. The second kappa shape index (κ2) is 44.7. The van der Waals surface area contributed by atoms with Gasteiger partial charge < -0.3 is 20.3 Å². The molecule has 0 aromatic rings. The highest BCUT2D eigenvalue weighted by molar-refractivity contribution is 5.77. The Bertz CT molecular complexity index is 847. The number of carbonyl (C=O) groups excluding carboxylic acids is 2. The van der Waals surface area contributed by atoms with Crippen molar-refractivity contribution in [1.82, 2.24) is 5.32 Å². The average molecular weight is 792 g/mol. The Hall–Kier alpha value is -1.40. The van der Waals surface area contributed by atoms with Crippen LogP contribution in [0, 0.1) is 0 Å². The second-order valence-electron chi connectivity index (χ2n) is 17.2. The van der Waals surface area contributed by atoms with E-state index < -0.39 is 18.2 Å². The molecule has 332 valence electrons. The van der Waals surface area contributed by atoms with Crippen LogP contribution in [0.4, 0.5) is 0 Å². The van der Waals surface area contributed by atoms with Gasteiger partial charge in [0.1, 0.15) is 6.10 Å². The number of hydrogen-bond donors (Lipinski definition) is 3. The van der Waals surface area contributed by atoms with Crippen molar-refractivity contribution in [3.63, 3.8) is 0 Å². The molecule has 6 nitrogen and oxygen atoms in total. The van der Waals surface area contributed by atoms with E-state index >= 15 is 0 Å². The van der Waals surface area contributed by atoms with Gasteiger partial charge >= 0.3 is 5.97 Å². The molecule has 0 saturated heterocycles. The fourth-order valence-corrected chi connectivity index (χ4v) is 7.79. The first-order valence-electron chi connectivity index (χ1n) is 24.9. The van der Waals surface area contributed by atoms with Crippen LogP contribution in [0.15, 0.2) is 12.2 Å². The van der Waals surface area contributed by atoms with E-state index in [1.165, 1.54) is 167 Å². The fourth-order valence-electron chi connectivity index (χ4n) is 7.79. The number of rotatable bonds is 45. The lowest BCUT2D eigenvalue weighted by atomic mass is 10.0. The summed E-state index contributed by atoms with van der Waals surface area (Å²) >= 11 is 0. The highest BCUT2D eigenvalue weighted by atomic mass is 16.5. The third-order valence-electron chi connectivity index (χ3n) is 11.6. The number of esters is 1. The molecule has 0 rings (SSSR count). The summed E-state index contributed by atoms with van der Waals surface area (Å²) in [4.78, 5) is 26.0. The molecule has 3 atom stereocenters. The van der Waals surface area contributed by atoms with Crippen molar-refractivity contribution in [2.24, 2.45) is 0 Å². The number of nitrogens with one attached hydrogen (secondary N) is 1. The SMILES string of the molecule is CCC/C=C\CCCCCCCC(=O)OC(CCCCCCCCCCCCCCCCCCC)CC(=O)NC(CO)C(O)CCCCCCCCCCCC. The van der Waals surface area contributed by atoms with Gasteiger partial charge in [0.05, 0.1) is 25.2 Å². The molecule has 0 aromatic heterocycles. The van der Waals surface area contributed by atoms with E-state index in [9.17, 15) is 19.8 Å². The Kier molecular flexibility index (Phi) is 43.6. The van der Waals surface area contributed by atoms with E-state index in [2.05, 4.69) is 38.2 Å². The molecule has 0 heterocycles. The Morgan fingerprint density at radius 2 is 0.893 bits per heavy atom. The lowest BCUT2D eigenvalue weighted by Crippen LogP contribution is -2.46. The Morgan fingerprint density at radius 1 is 0.500 bits per heavy atom. The minimum absolute atomic E-state index is 0.0810. The topological polar surface area (TPSA) is 95.9 Å². The predicted octanol–water partition coefficient (Wildman–Crippen LogP) is 14.6. The van der Waals surface area contributed by atoms with Gasteiger partial charge in [-0.2, -0.15) is 0 Å². The van der Waals surface area contributed by atoms with Crippen LogP contribution in [0.5, 0.6) is 0 Å². The molecular weight excluding hydrogens is 695 g/mol. The van der Waals surface area contributed by atoms with Gasteiger partial charge in [0, 0.05) is 6.42 Å². The summed E-state index contributed by atoms with van der Waals surface area (Å²) in [6, 6.07) is -0.695. The third-order valence-corrected chi connectivity index (χ3v) is 11.6. The van der Waals surface area contributed by atoms with E-state index in [-0.39, 0.29) is 24.9 Å². The molecule has 0 spiro atoms. The molecule has 1 amide bonds. The monoisotopic (exact) mass is 792 g/mol. The highest BCUT2D eigenvalue weighted by Crippen LogP contribution is 2.18. The highest BCUT2D eigenvalue weighted by Gasteiger charge is 2.24. The van der Waals surface area contributed by atoms with Gasteiger partial charge in [0.15, 0.2) is 0 Å². The van der Waals surface area contributed by atoms with Crippen molar-refractivity contribution >= 4 is 11.9 Å². The standard InChI is InChI=1S/C50H97NO5/c1-4-7-10-13-16-19-22-23-24-25-26-27-28-29-32-35-38-41-46(56-50(55)43-40-37-34-31-21-18-15-12-9-6-3)44-49(54)51-47(45-52)48(53)42-39-36-33-30-20-17-14-11-8-5-2/h12,15,46-48,52-53H,4-11,13-14,16-45H2,1-3H3,(H,51,54)/b15-12-. The van der Waals surface area contributed by atoms with Gasteiger partial charge in [-0.25, -0.2) is 0 Å². The average Bonchev–Trinajstić information content (AvgIpc) is 3.19. The van der Waals surface area contributed by atoms with Gasteiger partial charge in [-0.15, -0.1) is 0 Å². The van der Waals surface area contributed by atoms with Gasteiger partial charge in [0.25, 0.3) is 0 Å². The molecule has 0 saturated carbocycles. The van der Waals surface area contributed by atoms with Crippen LogP contribution in [0.2, 0.25) is 0 Å². The Balaban J connectivity index is 4.51. The van der Waals surface area contributed by atoms with E-state index in [0.717, 1.165) is 57.8 Å². The zero-order valence-corrected chi connectivity index (χ0v) is 37.8. The van der Waals surface area contributed by atoms with Crippen LogP contribution in [0.3, 0.4) is 0 Å².